The molecule has 2 unspecified atom stereocenters. The monoisotopic (exact) mass is 276 g/mol. The van der Waals surface area contributed by atoms with Crippen LogP contribution in [0.25, 0.3) is 0 Å². The Balaban J connectivity index is 0.00000162. The van der Waals surface area contributed by atoms with Crippen molar-refractivity contribution < 1.29 is 9.53 Å². The van der Waals surface area contributed by atoms with Crippen LogP contribution in [0.2, 0.25) is 0 Å². The van der Waals surface area contributed by atoms with E-state index in [4.69, 9.17) is 10.5 Å². The first kappa shape index (κ1) is 15.7. The van der Waals surface area contributed by atoms with E-state index in [0.717, 1.165) is 51.8 Å². The Labute approximate surface area is 116 Å². The number of halogens is 1. The van der Waals surface area contributed by atoms with Crippen LogP contribution < -0.4 is 5.73 Å². The topological polar surface area (TPSA) is 55.6 Å². The van der Waals surface area contributed by atoms with E-state index in [-0.39, 0.29) is 24.4 Å². The van der Waals surface area contributed by atoms with Gasteiger partial charge in [-0.15, -0.1) is 12.4 Å². The zero-order chi connectivity index (χ0) is 12.3. The molecule has 1 saturated carbocycles. The Morgan fingerprint density at radius 3 is 2.44 bits per heavy atom. The molecular formula is C13H25ClN2O2. The lowest BCUT2D eigenvalue weighted by Gasteiger charge is -2.34. The Morgan fingerprint density at radius 2 is 1.94 bits per heavy atom. The van der Waals surface area contributed by atoms with Crippen molar-refractivity contribution in [2.45, 2.75) is 38.1 Å². The van der Waals surface area contributed by atoms with Crippen LogP contribution >= 0.6 is 12.4 Å². The Bertz CT molecular complexity index is 268. The number of carbonyl (C=O) groups excluding carboxylic acids is 1. The van der Waals surface area contributed by atoms with Crippen molar-refractivity contribution in [1.29, 1.82) is 0 Å². The Kier molecular flexibility index (Phi) is 6.39. The lowest BCUT2D eigenvalue weighted by Crippen LogP contribution is -2.45. The van der Waals surface area contributed by atoms with E-state index in [0.29, 0.717) is 11.8 Å². The predicted octanol–water partition coefficient (Wildman–Crippen LogP) is 1.42. The van der Waals surface area contributed by atoms with E-state index in [1.165, 1.54) is 0 Å². The minimum Gasteiger partial charge on any atom is -0.384 e. The highest BCUT2D eigenvalue weighted by Gasteiger charge is 2.34. The molecule has 1 amide bonds. The minimum absolute atomic E-state index is 0. The molecule has 0 spiro atoms. The molecular weight excluding hydrogens is 252 g/mol. The summed E-state index contributed by atoms with van der Waals surface area (Å²) in [6, 6.07) is 0.0965. The molecule has 18 heavy (non-hydrogen) atoms. The summed E-state index contributed by atoms with van der Waals surface area (Å²) >= 11 is 0. The van der Waals surface area contributed by atoms with E-state index < -0.39 is 0 Å². The van der Waals surface area contributed by atoms with Crippen LogP contribution in [0, 0.1) is 11.8 Å². The summed E-state index contributed by atoms with van der Waals surface area (Å²) in [7, 11) is 1.75. The van der Waals surface area contributed by atoms with Gasteiger partial charge in [-0.25, -0.2) is 0 Å². The molecule has 4 nitrogen and oxygen atoms in total. The van der Waals surface area contributed by atoms with Crippen LogP contribution in [0.15, 0.2) is 0 Å². The first-order valence-electron chi connectivity index (χ1n) is 6.75. The van der Waals surface area contributed by atoms with Crippen molar-refractivity contribution in [3.63, 3.8) is 0 Å². The van der Waals surface area contributed by atoms with Crippen LogP contribution in [-0.2, 0) is 9.53 Å². The minimum atomic E-state index is 0. The van der Waals surface area contributed by atoms with E-state index >= 15 is 0 Å². The molecule has 2 atom stereocenters. The lowest BCUT2D eigenvalue weighted by molar-refractivity contribution is -0.137. The number of hydrogen-bond acceptors (Lipinski definition) is 3. The summed E-state index contributed by atoms with van der Waals surface area (Å²) in [5, 5.41) is 0. The number of piperidine rings is 1. The molecule has 5 heteroatoms. The van der Waals surface area contributed by atoms with E-state index in [9.17, 15) is 4.79 Å². The van der Waals surface area contributed by atoms with Gasteiger partial charge in [0.2, 0.25) is 5.91 Å². The number of carbonyl (C=O) groups is 1. The van der Waals surface area contributed by atoms with Crippen LogP contribution in [0.5, 0.6) is 0 Å². The summed E-state index contributed by atoms with van der Waals surface area (Å²) in [6.45, 7) is 2.59. The average Bonchev–Trinajstić information content (AvgIpc) is 2.76. The number of hydrogen-bond donors (Lipinski definition) is 1. The summed E-state index contributed by atoms with van der Waals surface area (Å²) in [6.07, 6.45) is 5.25. The predicted molar refractivity (Wildman–Crippen MR) is 73.7 cm³/mol. The van der Waals surface area contributed by atoms with Crippen LogP contribution in [0.1, 0.15) is 32.1 Å². The molecule has 1 saturated heterocycles. The molecule has 0 aromatic heterocycles. The van der Waals surface area contributed by atoms with Crippen molar-refractivity contribution in [3.8, 4) is 0 Å². The van der Waals surface area contributed by atoms with Crippen molar-refractivity contribution in [2.24, 2.45) is 17.6 Å². The largest absolute Gasteiger partial charge is 0.384 e. The molecule has 0 aromatic rings. The molecule has 2 aliphatic rings. The second-order valence-corrected chi connectivity index (χ2v) is 5.43. The van der Waals surface area contributed by atoms with Gasteiger partial charge in [0.05, 0.1) is 5.92 Å². The molecule has 2 fully saturated rings. The summed E-state index contributed by atoms with van der Waals surface area (Å²) in [4.78, 5) is 14.3. The van der Waals surface area contributed by atoms with Gasteiger partial charge in [0.25, 0.3) is 0 Å². The van der Waals surface area contributed by atoms with Gasteiger partial charge in [0, 0.05) is 32.8 Å². The molecule has 1 aliphatic carbocycles. The quantitative estimate of drug-likeness (QED) is 0.848. The molecule has 0 bridgehead atoms. The van der Waals surface area contributed by atoms with Gasteiger partial charge in [-0.05, 0) is 31.6 Å². The maximum absolute atomic E-state index is 12.3. The smallest absolute Gasteiger partial charge is 0.227 e. The first-order chi connectivity index (χ1) is 8.22. The van der Waals surface area contributed by atoms with Gasteiger partial charge in [0.1, 0.15) is 0 Å². The molecule has 0 radical (unpaired) electrons. The summed E-state index contributed by atoms with van der Waals surface area (Å²) in [5.74, 6) is 1.01. The van der Waals surface area contributed by atoms with Gasteiger partial charge in [-0.1, -0.05) is 6.42 Å². The van der Waals surface area contributed by atoms with Crippen molar-refractivity contribution in [2.75, 3.05) is 26.8 Å². The highest BCUT2D eigenvalue weighted by atomic mass is 35.5. The van der Waals surface area contributed by atoms with Gasteiger partial charge < -0.3 is 15.4 Å². The maximum Gasteiger partial charge on any atom is 0.227 e. The summed E-state index contributed by atoms with van der Waals surface area (Å²) < 4.78 is 5.17. The molecule has 0 aromatic carbocycles. The fraction of sp³-hybridized carbons (Fsp3) is 0.923. The number of nitrogens with two attached hydrogens (primary N) is 1. The number of methoxy groups -OCH3 is 1. The van der Waals surface area contributed by atoms with Crippen molar-refractivity contribution in [1.82, 2.24) is 4.90 Å². The normalized spacial score (nSPS) is 29.1. The zero-order valence-corrected chi connectivity index (χ0v) is 12.0. The number of rotatable bonds is 3. The summed E-state index contributed by atoms with van der Waals surface area (Å²) in [5.41, 5.74) is 5.99. The van der Waals surface area contributed by atoms with Gasteiger partial charge in [0.15, 0.2) is 0 Å². The Hall–Kier alpha value is -0.320. The number of amides is 1. The molecule has 1 heterocycles. The molecule has 1 aliphatic heterocycles. The Morgan fingerprint density at radius 1 is 1.28 bits per heavy atom. The first-order valence-corrected chi connectivity index (χ1v) is 6.75. The standard InChI is InChI=1S/C13H24N2O2.ClH/c1-17-9-10-5-7-15(8-6-10)13(16)11-3-2-4-12(11)14;/h10-12H,2-9,14H2,1H3;1H. The van der Waals surface area contributed by atoms with Crippen LogP contribution in [0.4, 0.5) is 0 Å². The highest BCUT2D eigenvalue weighted by Crippen LogP contribution is 2.27. The third-order valence-electron chi connectivity index (χ3n) is 4.22. The SMILES string of the molecule is COCC1CCN(C(=O)C2CCCC2N)CC1.Cl. The third-order valence-corrected chi connectivity index (χ3v) is 4.22. The third kappa shape index (κ3) is 3.59. The van der Waals surface area contributed by atoms with Gasteiger partial charge in [-0.2, -0.15) is 0 Å². The zero-order valence-electron chi connectivity index (χ0n) is 11.1. The second kappa shape index (κ2) is 7.31. The van der Waals surface area contributed by atoms with Gasteiger partial charge >= 0.3 is 0 Å². The molecule has 2 rings (SSSR count). The fourth-order valence-electron chi connectivity index (χ4n) is 3.09. The highest BCUT2D eigenvalue weighted by molar-refractivity contribution is 5.85. The van der Waals surface area contributed by atoms with E-state index in [1.807, 2.05) is 4.90 Å². The number of likely N-dealkylation sites (tertiary alicyclic amines) is 1. The maximum atomic E-state index is 12.3. The number of nitrogens with zero attached hydrogens (tertiary/aromatic N) is 1. The van der Waals surface area contributed by atoms with Crippen molar-refractivity contribution in [3.05, 3.63) is 0 Å². The number of ether oxygens (including phenoxy) is 1. The van der Waals surface area contributed by atoms with Gasteiger partial charge in [-0.3, -0.25) is 4.79 Å². The van der Waals surface area contributed by atoms with E-state index in [2.05, 4.69) is 0 Å². The van der Waals surface area contributed by atoms with Crippen LogP contribution in [-0.4, -0.2) is 43.7 Å². The van der Waals surface area contributed by atoms with Crippen molar-refractivity contribution >= 4 is 18.3 Å². The average molecular weight is 277 g/mol. The molecule has 106 valence electrons. The lowest BCUT2D eigenvalue weighted by atomic mass is 9.95. The second-order valence-electron chi connectivity index (χ2n) is 5.43. The van der Waals surface area contributed by atoms with Crippen LogP contribution in [0.3, 0.4) is 0 Å². The fourth-order valence-corrected chi connectivity index (χ4v) is 3.09. The molecule has 2 N–H and O–H groups in total. The van der Waals surface area contributed by atoms with E-state index in [1.54, 1.807) is 7.11 Å².